The van der Waals surface area contributed by atoms with E-state index < -0.39 is 12.1 Å². The highest BCUT2D eigenvalue weighted by Gasteiger charge is 2.18. The number of aliphatic carboxylic acids is 1. The van der Waals surface area contributed by atoms with Crippen molar-refractivity contribution < 1.29 is 19.4 Å². The molecule has 3 aromatic carbocycles. The zero-order chi connectivity index (χ0) is 26.9. The van der Waals surface area contributed by atoms with Crippen LogP contribution in [0.2, 0.25) is 5.02 Å². The van der Waals surface area contributed by atoms with Gasteiger partial charge in [0.25, 0.3) is 5.91 Å². The molecule has 0 fully saturated rings. The minimum atomic E-state index is -1.06. The van der Waals surface area contributed by atoms with Crippen LogP contribution in [0.25, 0.3) is 10.9 Å². The van der Waals surface area contributed by atoms with Crippen molar-refractivity contribution in [1.29, 1.82) is 0 Å². The van der Waals surface area contributed by atoms with E-state index in [4.69, 9.17) is 16.3 Å². The molecule has 2 atom stereocenters. The van der Waals surface area contributed by atoms with Crippen molar-refractivity contribution in [3.8, 4) is 5.75 Å². The molecule has 1 aromatic heterocycles. The molecule has 0 radical (unpaired) electrons. The van der Waals surface area contributed by atoms with Crippen LogP contribution in [0.1, 0.15) is 52.6 Å². The molecule has 37 heavy (non-hydrogen) atoms. The van der Waals surface area contributed by atoms with Crippen molar-refractivity contribution >= 4 is 50.3 Å². The van der Waals surface area contributed by atoms with Gasteiger partial charge in [0.1, 0.15) is 5.75 Å². The third-order valence-electron chi connectivity index (χ3n) is 6.61. The number of nitrogens with zero attached hydrogens (tertiary/aromatic N) is 1. The first kappa shape index (κ1) is 26.8. The molecule has 1 heterocycles. The van der Waals surface area contributed by atoms with Crippen LogP contribution in [0, 0.1) is 13.8 Å². The van der Waals surface area contributed by atoms with E-state index in [0.29, 0.717) is 22.9 Å². The fourth-order valence-electron chi connectivity index (χ4n) is 4.27. The molecule has 8 heteroatoms. The predicted octanol–water partition coefficient (Wildman–Crippen LogP) is 7.07. The number of carbonyl (C=O) groups excluding carboxylic acids is 1. The van der Waals surface area contributed by atoms with Crippen LogP contribution >= 0.6 is 27.5 Å². The van der Waals surface area contributed by atoms with Gasteiger partial charge in [0, 0.05) is 33.2 Å². The molecule has 0 aliphatic rings. The highest BCUT2D eigenvalue weighted by molar-refractivity contribution is 9.10. The number of fused-ring (bicyclic) bond motifs is 1. The molecule has 6 nitrogen and oxygen atoms in total. The largest absolute Gasteiger partial charge is 0.479 e. The van der Waals surface area contributed by atoms with E-state index in [-0.39, 0.29) is 11.9 Å². The van der Waals surface area contributed by atoms with Crippen molar-refractivity contribution in [3.63, 3.8) is 0 Å². The van der Waals surface area contributed by atoms with Gasteiger partial charge in [-0.05, 0) is 86.8 Å². The highest BCUT2D eigenvalue weighted by atomic mass is 79.9. The van der Waals surface area contributed by atoms with E-state index in [1.807, 2.05) is 69.3 Å². The van der Waals surface area contributed by atoms with Crippen LogP contribution in [0.4, 0.5) is 0 Å². The van der Waals surface area contributed by atoms with Gasteiger partial charge >= 0.3 is 5.97 Å². The topological polar surface area (TPSA) is 80.6 Å². The van der Waals surface area contributed by atoms with Gasteiger partial charge in [-0.25, -0.2) is 4.79 Å². The molecule has 1 amide bonds. The van der Waals surface area contributed by atoms with E-state index in [1.165, 1.54) is 6.92 Å². The first-order chi connectivity index (χ1) is 17.5. The van der Waals surface area contributed by atoms with Crippen molar-refractivity contribution in [2.24, 2.45) is 0 Å². The SMILES string of the molecule is Cc1c(C)n(Cc2ccc(Cl)c(OC(C)C(=O)O)c2)c2ccc(C(=O)N[C@@H](C)c3ccc(Br)cc3)cc12. The summed E-state index contributed by atoms with van der Waals surface area (Å²) in [7, 11) is 0. The monoisotopic (exact) mass is 582 g/mol. The van der Waals surface area contributed by atoms with Gasteiger partial charge in [0.15, 0.2) is 6.10 Å². The minimum absolute atomic E-state index is 0.130. The molecule has 0 aliphatic heterocycles. The van der Waals surface area contributed by atoms with Gasteiger partial charge in [-0.15, -0.1) is 0 Å². The van der Waals surface area contributed by atoms with Crippen LogP contribution < -0.4 is 10.1 Å². The quantitative estimate of drug-likeness (QED) is 0.233. The Morgan fingerprint density at radius 2 is 1.76 bits per heavy atom. The van der Waals surface area contributed by atoms with Crippen LogP contribution in [0.15, 0.2) is 65.1 Å². The molecule has 0 saturated heterocycles. The number of carboxylic acid groups (broad SMARTS) is 1. The van der Waals surface area contributed by atoms with E-state index in [1.54, 1.807) is 12.1 Å². The third-order valence-corrected chi connectivity index (χ3v) is 7.45. The summed E-state index contributed by atoms with van der Waals surface area (Å²) in [6.45, 7) is 8.06. The zero-order valence-corrected chi connectivity index (χ0v) is 23.4. The molecule has 0 spiro atoms. The Morgan fingerprint density at radius 1 is 1.05 bits per heavy atom. The zero-order valence-electron chi connectivity index (χ0n) is 21.0. The van der Waals surface area contributed by atoms with Gasteiger partial charge in [-0.2, -0.15) is 0 Å². The summed E-state index contributed by atoms with van der Waals surface area (Å²) in [6, 6.07) is 18.9. The number of rotatable bonds is 8. The highest BCUT2D eigenvalue weighted by Crippen LogP contribution is 2.30. The Bertz CT molecular complexity index is 1480. The van der Waals surface area contributed by atoms with Crippen LogP contribution in [-0.2, 0) is 11.3 Å². The number of benzene rings is 3. The number of halogens is 2. The lowest BCUT2D eigenvalue weighted by Crippen LogP contribution is -2.26. The number of carboxylic acids is 1. The molecule has 4 aromatic rings. The lowest BCUT2D eigenvalue weighted by Gasteiger charge is -2.15. The second-order valence-corrected chi connectivity index (χ2v) is 10.5. The Kier molecular flexibility index (Phi) is 7.95. The number of hydrogen-bond acceptors (Lipinski definition) is 3. The van der Waals surface area contributed by atoms with Crippen molar-refractivity contribution in [3.05, 3.63) is 98.1 Å². The molecule has 0 bridgehead atoms. The molecular weight excluding hydrogens is 556 g/mol. The summed E-state index contributed by atoms with van der Waals surface area (Å²) in [5, 5.41) is 13.6. The third kappa shape index (κ3) is 5.84. The van der Waals surface area contributed by atoms with E-state index >= 15 is 0 Å². The minimum Gasteiger partial charge on any atom is -0.479 e. The second-order valence-electron chi connectivity index (χ2n) is 9.14. The lowest BCUT2D eigenvalue weighted by molar-refractivity contribution is -0.144. The van der Waals surface area contributed by atoms with Gasteiger partial charge in [-0.3, -0.25) is 4.79 Å². The molecule has 0 aliphatic carbocycles. The molecule has 4 rings (SSSR count). The number of nitrogens with one attached hydrogen (secondary N) is 1. The Hall–Kier alpha value is -3.29. The Balaban J connectivity index is 1.59. The standard InChI is InChI=1S/C29H28BrClN2O4/c1-16-18(3)33(15-20-5-11-25(31)27(13-20)37-19(4)29(35)36)26-12-8-22(14-24(16)26)28(34)32-17(2)21-6-9-23(30)10-7-21/h5-14,17,19H,15H2,1-4H3,(H,32,34)(H,35,36)/t17-,19?/m0/s1. The Labute approximate surface area is 229 Å². The fraction of sp³-hybridized carbons (Fsp3) is 0.241. The number of amides is 1. The average Bonchev–Trinajstić information content (AvgIpc) is 3.10. The maximum Gasteiger partial charge on any atom is 0.344 e. The number of hydrogen-bond donors (Lipinski definition) is 2. The summed E-state index contributed by atoms with van der Waals surface area (Å²) in [5.74, 6) is -0.858. The van der Waals surface area contributed by atoms with Gasteiger partial charge in [-0.1, -0.05) is 45.7 Å². The van der Waals surface area contributed by atoms with E-state index in [9.17, 15) is 14.7 Å². The van der Waals surface area contributed by atoms with Crippen molar-refractivity contribution in [2.45, 2.75) is 46.4 Å². The molecule has 192 valence electrons. The number of aromatic nitrogens is 1. The molecule has 0 saturated carbocycles. The average molecular weight is 584 g/mol. The fourth-order valence-corrected chi connectivity index (χ4v) is 4.70. The predicted molar refractivity (Wildman–Crippen MR) is 150 cm³/mol. The normalized spacial score (nSPS) is 12.8. The van der Waals surface area contributed by atoms with Gasteiger partial charge in [0.05, 0.1) is 11.1 Å². The maximum atomic E-state index is 13.0. The second kappa shape index (κ2) is 11.0. The summed E-state index contributed by atoms with van der Waals surface area (Å²) >= 11 is 9.68. The van der Waals surface area contributed by atoms with Gasteiger partial charge < -0.3 is 19.7 Å². The van der Waals surface area contributed by atoms with Crippen LogP contribution in [0.3, 0.4) is 0 Å². The first-order valence-corrected chi connectivity index (χ1v) is 13.1. The van der Waals surface area contributed by atoms with Gasteiger partial charge in [0.2, 0.25) is 0 Å². The Morgan fingerprint density at radius 3 is 2.43 bits per heavy atom. The summed E-state index contributed by atoms with van der Waals surface area (Å²) in [6.07, 6.45) is -1.01. The van der Waals surface area contributed by atoms with E-state index in [2.05, 4.69) is 25.8 Å². The van der Waals surface area contributed by atoms with Crippen molar-refractivity contribution in [1.82, 2.24) is 9.88 Å². The van der Waals surface area contributed by atoms with E-state index in [0.717, 1.165) is 37.8 Å². The molecule has 1 unspecified atom stereocenters. The lowest BCUT2D eigenvalue weighted by atomic mass is 10.1. The number of aryl methyl sites for hydroxylation is 1. The van der Waals surface area contributed by atoms with Crippen LogP contribution in [-0.4, -0.2) is 27.7 Å². The maximum absolute atomic E-state index is 13.0. The summed E-state index contributed by atoms with van der Waals surface area (Å²) in [4.78, 5) is 24.2. The summed E-state index contributed by atoms with van der Waals surface area (Å²) < 4.78 is 8.70. The molecular formula is C29H28BrClN2O4. The van der Waals surface area contributed by atoms with Crippen LogP contribution in [0.5, 0.6) is 5.75 Å². The molecule has 2 N–H and O–H groups in total. The smallest absolute Gasteiger partial charge is 0.344 e. The number of carbonyl (C=O) groups is 2. The first-order valence-electron chi connectivity index (χ1n) is 11.9. The van der Waals surface area contributed by atoms with Crippen molar-refractivity contribution in [2.75, 3.05) is 0 Å². The number of ether oxygens (including phenoxy) is 1. The summed E-state index contributed by atoms with van der Waals surface area (Å²) in [5.41, 5.74) is 5.72.